The van der Waals surface area contributed by atoms with Crippen LogP contribution in [0.1, 0.15) is 64.0 Å². The molecule has 3 atom stereocenters. The molecule has 2 fully saturated rings. The van der Waals surface area contributed by atoms with Gasteiger partial charge in [0.2, 0.25) is 11.8 Å². The van der Waals surface area contributed by atoms with Gasteiger partial charge in [-0.15, -0.1) is 0 Å². The minimum Gasteiger partial charge on any atom is -0.477 e. The van der Waals surface area contributed by atoms with Gasteiger partial charge in [0.15, 0.2) is 6.10 Å². The average Bonchev–Trinajstić information content (AvgIpc) is 3.10. The van der Waals surface area contributed by atoms with E-state index in [4.69, 9.17) is 9.47 Å². The minimum atomic E-state index is -1.41. The molecule has 2 aromatic carbocycles. The van der Waals surface area contributed by atoms with Crippen LogP contribution in [0.2, 0.25) is 0 Å². The van der Waals surface area contributed by atoms with Gasteiger partial charge < -0.3 is 35.0 Å². The summed E-state index contributed by atoms with van der Waals surface area (Å²) in [6.45, 7) is 7.81. The van der Waals surface area contributed by atoms with Crippen molar-refractivity contribution in [2.45, 2.75) is 70.6 Å². The molecule has 1 aliphatic carbocycles. The fraction of sp³-hybridized carbons (Fsp3) is 0.500. The highest BCUT2D eigenvalue weighted by atomic mass is 16.6. The average molecular weight is 645 g/mol. The molecule has 3 aromatic rings. The highest BCUT2D eigenvalue weighted by molar-refractivity contribution is 5.82. The SMILES string of the molecule is CCCC[C@H](NC(=O)OCC1(COc2ccnc(N3CCN(c4ccccc4)CC3)n2)CCC1)C(O)C(=O)N[C@H](C)c1ccccc1. The molecule has 2 amide bonds. The van der Waals surface area contributed by atoms with Crippen molar-refractivity contribution < 1.29 is 24.2 Å². The van der Waals surface area contributed by atoms with Gasteiger partial charge in [-0.3, -0.25) is 4.79 Å². The molecule has 1 aromatic heterocycles. The number of nitrogens with zero attached hydrogens (tertiary/aromatic N) is 4. The number of aromatic nitrogens is 2. The second kappa shape index (κ2) is 16.4. The van der Waals surface area contributed by atoms with Gasteiger partial charge in [-0.2, -0.15) is 4.98 Å². The summed E-state index contributed by atoms with van der Waals surface area (Å²) in [5.74, 6) is 0.607. The van der Waals surface area contributed by atoms with Crippen molar-refractivity contribution in [3.05, 3.63) is 78.5 Å². The molecule has 11 heteroatoms. The number of carbonyl (C=O) groups is 2. The van der Waals surface area contributed by atoms with Crippen LogP contribution in [-0.2, 0) is 9.53 Å². The van der Waals surface area contributed by atoms with E-state index in [1.54, 1.807) is 12.3 Å². The molecule has 3 N–H and O–H groups in total. The number of alkyl carbamates (subject to hydrolysis) is 1. The van der Waals surface area contributed by atoms with Gasteiger partial charge in [0.25, 0.3) is 5.91 Å². The lowest BCUT2D eigenvalue weighted by Gasteiger charge is -2.40. The van der Waals surface area contributed by atoms with E-state index in [1.165, 1.54) is 5.69 Å². The quantitative estimate of drug-likeness (QED) is 0.212. The molecule has 11 nitrogen and oxygen atoms in total. The molecular formula is C36H48N6O5. The molecule has 1 unspecified atom stereocenters. The molecule has 2 aliphatic rings. The van der Waals surface area contributed by atoms with Crippen LogP contribution < -0.4 is 25.2 Å². The van der Waals surface area contributed by atoms with Crippen LogP contribution in [0.4, 0.5) is 16.4 Å². The molecule has 0 bridgehead atoms. The molecule has 252 valence electrons. The molecule has 0 spiro atoms. The summed E-state index contributed by atoms with van der Waals surface area (Å²) in [6.07, 6.45) is 4.45. The van der Waals surface area contributed by atoms with Crippen LogP contribution in [0.15, 0.2) is 72.9 Å². The first-order valence-electron chi connectivity index (χ1n) is 16.8. The number of hydrogen-bond donors (Lipinski definition) is 3. The highest BCUT2D eigenvalue weighted by Gasteiger charge is 2.40. The molecule has 47 heavy (non-hydrogen) atoms. The number of unbranched alkanes of at least 4 members (excludes halogenated alkanes) is 1. The Morgan fingerprint density at radius 2 is 1.62 bits per heavy atom. The third-order valence-corrected chi connectivity index (χ3v) is 9.23. The third-order valence-electron chi connectivity index (χ3n) is 9.23. The predicted molar refractivity (Wildman–Crippen MR) is 181 cm³/mol. The second-order valence-corrected chi connectivity index (χ2v) is 12.7. The van der Waals surface area contributed by atoms with Crippen molar-refractivity contribution in [1.29, 1.82) is 0 Å². The zero-order valence-corrected chi connectivity index (χ0v) is 27.5. The Kier molecular flexibility index (Phi) is 11.9. The number of amides is 2. The van der Waals surface area contributed by atoms with E-state index >= 15 is 0 Å². The van der Waals surface area contributed by atoms with E-state index < -0.39 is 24.1 Å². The largest absolute Gasteiger partial charge is 0.477 e. The van der Waals surface area contributed by atoms with Crippen LogP contribution in [-0.4, -0.2) is 78.6 Å². The van der Waals surface area contributed by atoms with E-state index in [2.05, 4.69) is 54.7 Å². The number of anilines is 2. The van der Waals surface area contributed by atoms with E-state index in [9.17, 15) is 14.7 Å². The van der Waals surface area contributed by atoms with Crippen LogP contribution in [0, 0.1) is 5.41 Å². The Morgan fingerprint density at radius 1 is 0.936 bits per heavy atom. The maximum absolute atomic E-state index is 12.9. The maximum Gasteiger partial charge on any atom is 0.407 e. The van der Waals surface area contributed by atoms with Gasteiger partial charge in [-0.25, -0.2) is 9.78 Å². The minimum absolute atomic E-state index is 0.173. The van der Waals surface area contributed by atoms with Crippen molar-refractivity contribution in [2.24, 2.45) is 5.41 Å². The number of nitrogens with one attached hydrogen (secondary N) is 2. The number of piperazine rings is 1. The molecule has 0 radical (unpaired) electrons. The summed E-state index contributed by atoms with van der Waals surface area (Å²) >= 11 is 0. The molecule has 1 saturated carbocycles. The topological polar surface area (TPSA) is 129 Å². The number of aliphatic hydroxyl groups is 1. The number of para-hydroxylation sites is 1. The van der Waals surface area contributed by atoms with E-state index in [-0.39, 0.29) is 18.1 Å². The van der Waals surface area contributed by atoms with Gasteiger partial charge in [0.1, 0.15) is 6.61 Å². The van der Waals surface area contributed by atoms with E-state index in [1.807, 2.05) is 50.2 Å². The fourth-order valence-corrected chi connectivity index (χ4v) is 6.05. The predicted octanol–water partition coefficient (Wildman–Crippen LogP) is 4.88. The Bertz CT molecular complexity index is 1420. The molecule has 1 saturated heterocycles. The van der Waals surface area contributed by atoms with Gasteiger partial charge in [0, 0.05) is 49.5 Å². The standard InChI is InChI=1S/C36H48N6O5/c1-3-4-16-30(32(43)33(44)38-27(2)28-12-7-5-8-13-28)39-35(45)47-26-36(18-11-19-36)25-46-31-17-20-37-34(40-31)42-23-21-41(22-24-42)29-14-9-6-10-15-29/h5-10,12-15,17,20,27,30,32,43H,3-4,11,16,18-19,21-26H2,1-2H3,(H,38,44)(H,39,45)/t27-,30+,32?/m1/s1. The summed E-state index contributed by atoms with van der Waals surface area (Å²) in [6, 6.07) is 20.6. The number of ether oxygens (including phenoxy) is 2. The van der Waals surface area contributed by atoms with Gasteiger partial charge in [-0.05, 0) is 43.9 Å². The monoisotopic (exact) mass is 644 g/mol. The number of aliphatic hydroxyl groups excluding tert-OH is 1. The third kappa shape index (κ3) is 9.34. The summed E-state index contributed by atoms with van der Waals surface area (Å²) in [5, 5.41) is 16.5. The first-order chi connectivity index (χ1) is 22.9. The van der Waals surface area contributed by atoms with Crippen LogP contribution in [0.5, 0.6) is 5.88 Å². The highest BCUT2D eigenvalue weighted by Crippen LogP contribution is 2.41. The smallest absolute Gasteiger partial charge is 0.407 e. The number of rotatable bonds is 15. The number of benzene rings is 2. The van der Waals surface area contributed by atoms with E-state index in [0.29, 0.717) is 24.9 Å². The van der Waals surface area contributed by atoms with Crippen molar-refractivity contribution >= 4 is 23.6 Å². The fourth-order valence-electron chi connectivity index (χ4n) is 6.05. The normalized spacial score (nSPS) is 17.5. The number of carbonyl (C=O) groups excluding carboxylic acids is 2. The lowest BCUT2D eigenvalue weighted by atomic mass is 9.70. The molecular weight excluding hydrogens is 596 g/mol. The van der Waals surface area contributed by atoms with Crippen LogP contribution in [0.25, 0.3) is 0 Å². The maximum atomic E-state index is 12.9. The van der Waals surface area contributed by atoms with Crippen LogP contribution in [0.3, 0.4) is 0 Å². The Morgan fingerprint density at radius 3 is 2.28 bits per heavy atom. The molecule has 2 heterocycles. The van der Waals surface area contributed by atoms with Gasteiger partial charge in [-0.1, -0.05) is 74.7 Å². The molecule has 1 aliphatic heterocycles. The summed E-state index contributed by atoms with van der Waals surface area (Å²) in [4.78, 5) is 39.6. The van der Waals surface area contributed by atoms with Crippen molar-refractivity contribution in [1.82, 2.24) is 20.6 Å². The van der Waals surface area contributed by atoms with Crippen LogP contribution >= 0.6 is 0 Å². The van der Waals surface area contributed by atoms with Gasteiger partial charge in [0.05, 0.1) is 18.7 Å². The lowest BCUT2D eigenvalue weighted by molar-refractivity contribution is -0.131. The van der Waals surface area contributed by atoms with E-state index in [0.717, 1.165) is 63.8 Å². The summed E-state index contributed by atoms with van der Waals surface area (Å²) < 4.78 is 11.8. The number of hydrogen-bond acceptors (Lipinski definition) is 9. The summed E-state index contributed by atoms with van der Waals surface area (Å²) in [7, 11) is 0. The lowest BCUT2D eigenvalue weighted by Crippen LogP contribution is -2.51. The Labute approximate surface area is 277 Å². The zero-order chi connectivity index (χ0) is 33.1. The Balaban J connectivity index is 1.10. The first kappa shape index (κ1) is 34.0. The van der Waals surface area contributed by atoms with Crippen molar-refractivity contribution in [3.63, 3.8) is 0 Å². The molecule has 5 rings (SSSR count). The zero-order valence-electron chi connectivity index (χ0n) is 27.5. The summed E-state index contributed by atoms with van der Waals surface area (Å²) in [5.41, 5.74) is 1.83. The Hall–Kier alpha value is -4.38. The second-order valence-electron chi connectivity index (χ2n) is 12.7. The van der Waals surface area contributed by atoms with Crippen molar-refractivity contribution in [3.8, 4) is 5.88 Å². The van der Waals surface area contributed by atoms with Crippen molar-refractivity contribution in [2.75, 3.05) is 49.2 Å². The van der Waals surface area contributed by atoms with Gasteiger partial charge >= 0.3 is 6.09 Å². The first-order valence-corrected chi connectivity index (χ1v) is 16.8.